The molecule has 2 aromatic carbocycles. The van der Waals surface area contributed by atoms with Gasteiger partial charge in [0.15, 0.2) is 0 Å². The lowest BCUT2D eigenvalue weighted by molar-refractivity contribution is 1.13. The molecule has 0 aliphatic carbocycles. The number of rotatable bonds is 4. The van der Waals surface area contributed by atoms with E-state index >= 15 is 0 Å². The first-order chi connectivity index (χ1) is 12.8. The second-order valence-electron chi connectivity index (χ2n) is 5.71. The lowest BCUT2D eigenvalue weighted by Gasteiger charge is -2.00. The quantitative estimate of drug-likeness (QED) is 0.392. The number of aliphatic imine (C=N–C) groups is 1. The number of H-pyrrole nitrogens is 1. The number of nitrogens with one attached hydrogen (secondary N) is 1. The van der Waals surface area contributed by atoms with Gasteiger partial charge in [-0.25, -0.2) is 15.0 Å². The number of benzene rings is 2. The van der Waals surface area contributed by atoms with E-state index in [2.05, 4.69) is 30.2 Å². The summed E-state index contributed by atoms with van der Waals surface area (Å²) in [5, 5.41) is 9.73. The molecule has 2 heterocycles. The molecule has 126 valence electrons. The van der Waals surface area contributed by atoms with Gasteiger partial charge in [0.25, 0.3) is 0 Å². The normalized spacial score (nSPS) is 12.1. The summed E-state index contributed by atoms with van der Waals surface area (Å²) in [5.74, 6) is 0.452. The number of hydrogen-bond acceptors (Lipinski definition) is 5. The molecule has 2 aromatic heterocycles. The van der Waals surface area contributed by atoms with Crippen LogP contribution in [0.4, 0.5) is 17.3 Å². The number of aromatic amines is 1. The van der Waals surface area contributed by atoms with Crippen molar-refractivity contribution in [2.24, 2.45) is 15.2 Å². The Morgan fingerprint density at radius 2 is 1.65 bits per heavy atom. The van der Waals surface area contributed by atoms with Crippen molar-refractivity contribution in [3.63, 3.8) is 0 Å². The second kappa shape index (κ2) is 7.06. The summed E-state index contributed by atoms with van der Waals surface area (Å²) in [6.07, 6.45) is 5.21. The Bertz CT molecular complexity index is 1080. The highest BCUT2D eigenvalue weighted by Crippen LogP contribution is 2.27. The molecule has 0 bridgehead atoms. The van der Waals surface area contributed by atoms with Gasteiger partial charge in [-0.05, 0) is 36.8 Å². The van der Waals surface area contributed by atoms with Gasteiger partial charge >= 0.3 is 0 Å². The van der Waals surface area contributed by atoms with E-state index in [-0.39, 0.29) is 0 Å². The minimum absolute atomic E-state index is 0.452. The molecule has 0 amide bonds. The Labute approximate surface area is 150 Å². The maximum absolute atomic E-state index is 4.42. The van der Waals surface area contributed by atoms with Crippen molar-refractivity contribution in [3.8, 4) is 0 Å². The Hall–Kier alpha value is -3.67. The van der Waals surface area contributed by atoms with Crippen LogP contribution < -0.4 is 0 Å². The van der Waals surface area contributed by atoms with Crippen molar-refractivity contribution >= 4 is 33.9 Å². The third-order valence-corrected chi connectivity index (χ3v) is 3.95. The molecule has 0 atom stereocenters. The van der Waals surface area contributed by atoms with Crippen LogP contribution in [0.1, 0.15) is 12.5 Å². The van der Waals surface area contributed by atoms with E-state index in [0.717, 1.165) is 33.6 Å². The number of nitrogens with zero attached hydrogens (tertiary/aromatic N) is 5. The predicted molar refractivity (Wildman–Crippen MR) is 103 cm³/mol. The number of azo groups is 1. The zero-order chi connectivity index (χ0) is 17.8. The van der Waals surface area contributed by atoms with Gasteiger partial charge in [-0.3, -0.25) is 0 Å². The predicted octanol–water partition coefficient (Wildman–Crippen LogP) is 5.51. The molecule has 0 saturated carbocycles. The van der Waals surface area contributed by atoms with Gasteiger partial charge in [0.05, 0.1) is 5.69 Å². The molecule has 4 rings (SSSR count). The maximum atomic E-state index is 4.42. The molecule has 0 aliphatic heterocycles. The van der Waals surface area contributed by atoms with Gasteiger partial charge in [-0.1, -0.05) is 30.3 Å². The Morgan fingerprint density at radius 1 is 0.885 bits per heavy atom. The molecule has 0 unspecified atom stereocenters. The Kier molecular flexibility index (Phi) is 4.30. The monoisotopic (exact) mass is 340 g/mol. The number of aromatic nitrogens is 3. The smallest absolute Gasteiger partial charge is 0.249 e. The van der Waals surface area contributed by atoms with Crippen LogP contribution in [-0.4, -0.2) is 20.7 Å². The van der Waals surface area contributed by atoms with E-state index in [0.29, 0.717) is 5.95 Å². The standard InChI is InChI=1S/C20H16N6/c1-14(24-20-21-11-4-12-22-20)15-7-9-16(10-8-15)25-26-19-13-23-18-6-3-2-5-17(18)19/h2-13,23H,1H3/b24-14-,26-25?. The van der Waals surface area contributed by atoms with Crippen LogP contribution in [0.2, 0.25) is 0 Å². The second-order valence-corrected chi connectivity index (χ2v) is 5.71. The molecule has 26 heavy (non-hydrogen) atoms. The van der Waals surface area contributed by atoms with Crippen molar-refractivity contribution in [3.05, 3.63) is 78.8 Å². The first-order valence-electron chi connectivity index (χ1n) is 8.20. The van der Waals surface area contributed by atoms with Crippen molar-refractivity contribution in [1.82, 2.24) is 15.0 Å². The van der Waals surface area contributed by atoms with Crippen molar-refractivity contribution in [2.75, 3.05) is 0 Å². The third kappa shape index (κ3) is 3.39. The zero-order valence-corrected chi connectivity index (χ0v) is 14.2. The van der Waals surface area contributed by atoms with E-state index in [4.69, 9.17) is 0 Å². The molecule has 0 fully saturated rings. The molecule has 6 heteroatoms. The van der Waals surface area contributed by atoms with E-state index in [1.54, 1.807) is 18.5 Å². The van der Waals surface area contributed by atoms with E-state index in [1.165, 1.54) is 0 Å². The highest BCUT2D eigenvalue weighted by atomic mass is 15.1. The molecule has 4 aromatic rings. The molecule has 6 nitrogen and oxygen atoms in total. The van der Waals surface area contributed by atoms with E-state index < -0.39 is 0 Å². The summed E-state index contributed by atoms with van der Waals surface area (Å²) in [5.41, 5.74) is 4.48. The molecular formula is C20H16N6. The maximum Gasteiger partial charge on any atom is 0.249 e. The fraction of sp³-hybridized carbons (Fsp3) is 0.0500. The van der Waals surface area contributed by atoms with Crippen molar-refractivity contribution < 1.29 is 0 Å². The van der Waals surface area contributed by atoms with Gasteiger partial charge in [0, 0.05) is 35.2 Å². The molecule has 0 aliphatic rings. The summed E-state index contributed by atoms with van der Waals surface area (Å²) in [7, 11) is 0. The number of hydrogen-bond donors (Lipinski definition) is 1. The van der Waals surface area contributed by atoms with E-state index in [9.17, 15) is 0 Å². The highest BCUT2D eigenvalue weighted by molar-refractivity contribution is 6.00. The van der Waals surface area contributed by atoms with Crippen LogP contribution in [-0.2, 0) is 0 Å². The Balaban J connectivity index is 1.53. The van der Waals surface area contributed by atoms with Crippen LogP contribution in [0, 0.1) is 0 Å². The summed E-state index contributed by atoms with van der Waals surface area (Å²) in [6.45, 7) is 1.93. The molecule has 0 spiro atoms. The Morgan fingerprint density at radius 3 is 2.46 bits per heavy atom. The summed E-state index contributed by atoms with van der Waals surface area (Å²) < 4.78 is 0. The third-order valence-electron chi connectivity index (χ3n) is 3.95. The van der Waals surface area contributed by atoms with Gasteiger partial charge in [-0.15, -0.1) is 5.11 Å². The van der Waals surface area contributed by atoms with E-state index in [1.807, 2.05) is 61.7 Å². The number of para-hydroxylation sites is 1. The van der Waals surface area contributed by atoms with Crippen molar-refractivity contribution in [1.29, 1.82) is 0 Å². The van der Waals surface area contributed by atoms with Crippen LogP contribution >= 0.6 is 0 Å². The minimum atomic E-state index is 0.452. The van der Waals surface area contributed by atoms with Crippen molar-refractivity contribution in [2.45, 2.75) is 6.92 Å². The molecule has 0 radical (unpaired) electrons. The van der Waals surface area contributed by atoms with Crippen LogP contribution in [0.5, 0.6) is 0 Å². The van der Waals surface area contributed by atoms with Crippen LogP contribution in [0.15, 0.2) is 88.4 Å². The molecule has 0 saturated heterocycles. The fourth-order valence-corrected chi connectivity index (χ4v) is 2.58. The first-order valence-corrected chi connectivity index (χ1v) is 8.20. The fourth-order valence-electron chi connectivity index (χ4n) is 2.58. The van der Waals surface area contributed by atoms with Gasteiger partial charge < -0.3 is 4.98 Å². The van der Waals surface area contributed by atoms with Gasteiger partial charge in [0.2, 0.25) is 5.95 Å². The lowest BCUT2D eigenvalue weighted by Crippen LogP contribution is -1.94. The van der Waals surface area contributed by atoms with Gasteiger partial charge in [0.1, 0.15) is 5.69 Å². The topological polar surface area (TPSA) is 78.7 Å². The van der Waals surface area contributed by atoms with Crippen LogP contribution in [0.3, 0.4) is 0 Å². The zero-order valence-electron chi connectivity index (χ0n) is 14.2. The highest BCUT2D eigenvalue weighted by Gasteiger charge is 2.02. The first kappa shape index (κ1) is 15.8. The summed E-state index contributed by atoms with van der Waals surface area (Å²) in [4.78, 5) is 15.8. The summed E-state index contributed by atoms with van der Waals surface area (Å²) in [6, 6.07) is 17.5. The lowest BCUT2D eigenvalue weighted by atomic mass is 10.1. The average Bonchev–Trinajstić information content (AvgIpc) is 3.11. The SMILES string of the molecule is C/C(=N/c1ncccn1)c1ccc(N=Nc2c[nH]c3ccccc23)cc1. The van der Waals surface area contributed by atoms with Crippen LogP contribution in [0.25, 0.3) is 10.9 Å². The average molecular weight is 340 g/mol. The molecular weight excluding hydrogens is 324 g/mol. The largest absolute Gasteiger partial charge is 0.359 e. The summed E-state index contributed by atoms with van der Waals surface area (Å²) >= 11 is 0. The van der Waals surface area contributed by atoms with Gasteiger partial charge in [-0.2, -0.15) is 5.11 Å². The minimum Gasteiger partial charge on any atom is -0.359 e. The molecule has 1 N–H and O–H groups in total. The number of fused-ring (bicyclic) bond motifs is 1.